The number of hydrogen-bond acceptors (Lipinski definition) is 3. The van der Waals surface area contributed by atoms with Crippen molar-refractivity contribution in [1.82, 2.24) is 4.72 Å². The number of nitrogens with one attached hydrogen (secondary N) is 1. The minimum absolute atomic E-state index is 0.196. The minimum Gasteiger partial charge on any atom is -0.481 e. The van der Waals surface area contributed by atoms with Crippen molar-refractivity contribution in [1.29, 1.82) is 0 Å². The second kappa shape index (κ2) is 5.31. The van der Waals surface area contributed by atoms with Gasteiger partial charge >= 0.3 is 5.97 Å². The Bertz CT molecular complexity index is 643. The van der Waals surface area contributed by atoms with Crippen molar-refractivity contribution in [3.8, 4) is 0 Å². The quantitative estimate of drug-likeness (QED) is 0.869. The molecule has 8 heteroatoms. The fourth-order valence-corrected chi connectivity index (χ4v) is 3.73. The second-order valence-corrected chi connectivity index (χ2v) is 6.98. The summed E-state index contributed by atoms with van der Waals surface area (Å²) < 4.78 is 39.3. The third kappa shape index (κ3) is 2.79. The number of benzene rings is 1. The summed E-state index contributed by atoms with van der Waals surface area (Å²) in [6, 6.07) is 2.93. The van der Waals surface area contributed by atoms with E-state index in [9.17, 15) is 17.6 Å². The van der Waals surface area contributed by atoms with Crippen LogP contribution in [0.25, 0.3) is 0 Å². The Morgan fingerprint density at radius 2 is 2.10 bits per heavy atom. The summed E-state index contributed by atoms with van der Waals surface area (Å²) in [5.74, 6) is -1.66. The van der Waals surface area contributed by atoms with E-state index in [1.165, 1.54) is 0 Å². The van der Waals surface area contributed by atoms with E-state index >= 15 is 0 Å². The van der Waals surface area contributed by atoms with Crippen molar-refractivity contribution in [2.45, 2.75) is 24.2 Å². The number of halogens is 2. The molecule has 0 bridgehead atoms. The number of hydrogen-bond donors (Lipinski definition) is 2. The van der Waals surface area contributed by atoms with Gasteiger partial charge in [-0.2, -0.15) is 0 Å². The Morgan fingerprint density at radius 3 is 2.55 bits per heavy atom. The molecule has 0 spiro atoms. The van der Waals surface area contributed by atoms with Crippen LogP contribution in [0.1, 0.15) is 19.3 Å². The highest BCUT2D eigenvalue weighted by atomic mass is 35.5. The maximum absolute atomic E-state index is 12.9. The first-order valence-corrected chi connectivity index (χ1v) is 7.81. The first-order valence-electron chi connectivity index (χ1n) is 5.95. The first-order chi connectivity index (χ1) is 9.27. The van der Waals surface area contributed by atoms with Gasteiger partial charge in [0.25, 0.3) is 0 Å². The van der Waals surface area contributed by atoms with E-state index < -0.39 is 27.2 Å². The zero-order valence-corrected chi connectivity index (χ0v) is 12.0. The van der Waals surface area contributed by atoms with Gasteiger partial charge in [0, 0.05) is 6.54 Å². The van der Waals surface area contributed by atoms with E-state index in [1.54, 1.807) is 0 Å². The molecule has 1 fully saturated rings. The average Bonchev–Trinajstić information content (AvgIpc) is 2.25. The summed E-state index contributed by atoms with van der Waals surface area (Å²) in [6.45, 7) is -0.196. The molecular formula is C12H13ClFNO4S. The van der Waals surface area contributed by atoms with Gasteiger partial charge in [-0.05, 0) is 31.0 Å². The predicted octanol–water partition coefficient (Wildman–Crippen LogP) is 2.01. The topological polar surface area (TPSA) is 83.5 Å². The molecule has 0 atom stereocenters. The van der Waals surface area contributed by atoms with Gasteiger partial charge in [-0.3, -0.25) is 4.79 Å². The zero-order valence-electron chi connectivity index (χ0n) is 10.4. The SMILES string of the molecule is O=C(O)C1(CNS(=O)(=O)c2ccc(F)cc2Cl)CCC1. The fourth-order valence-electron chi connectivity index (χ4n) is 2.07. The number of carboxylic acids is 1. The molecule has 2 rings (SSSR count). The molecule has 0 amide bonds. The summed E-state index contributed by atoms with van der Waals surface area (Å²) in [7, 11) is -3.96. The molecule has 0 heterocycles. The highest BCUT2D eigenvalue weighted by molar-refractivity contribution is 7.89. The van der Waals surface area contributed by atoms with Gasteiger partial charge in [0.05, 0.1) is 10.4 Å². The Kier molecular flexibility index (Phi) is 4.04. The van der Waals surface area contributed by atoms with Gasteiger partial charge in [-0.1, -0.05) is 18.0 Å². The lowest BCUT2D eigenvalue weighted by Crippen LogP contribution is -2.47. The van der Waals surface area contributed by atoms with E-state index in [-0.39, 0.29) is 16.5 Å². The number of sulfonamides is 1. The summed E-state index contributed by atoms with van der Waals surface area (Å²) >= 11 is 5.70. The monoisotopic (exact) mass is 321 g/mol. The smallest absolute Gasteiger partial charge is 0.310 e. The van der Waals surface area contributed by atoms with Crippen LogP contribution in [0, 0.1) is 11.2 Å². The normalized spacial score (nSPS) is 17.5. The van der Waals surface area contributed by atoms with Crippen LogP contribution in [0.15, 0.2) is 23.1 Å². The van der Waals surface area contributed by atoms with Crippen molar-refractivity contribution in [3.63, 3.8) is 0 Å². The molecule has 20 heavy (non-hydrogen) atoms. The molecule has 1 aromatic rings. The van der Waals surface area contributed by atoms with Gasteiger partial charge < -0.3 is 5.11 Å². The van der Waals surface area contributed by atoms with Crippen LogP contribution in [0.5, 0.6) is 0 Å². The molecule has 0 saturated heterocycles. The summed E-state index contributed by atoms with van der Waals surface area (Å²) in [5.41, 5.74) is -1.04. The average molecular weight is 322 g/mol. The van der Waals surface area contributed by atoms with Gasteiger partial charge in [-0.15, -0.1) is 0 Å². The maximum Gasteiger partial charge on any atom is 0.310 e. The lowest BCUT2D eigenvalue weighted by molar-refractivity contribution is -0.153. The fraction of sp³-hybridized carbons (Fsp3) is 0.417. The van der Waals surface area contributed by atoms with E-state index in [0.29, 0.717) is 12.8 Å². The molecule has 1 aliphatic rings. The molecular weight excluding hydrogens is 309 g/mol. The standard InChI is InChI=1S/C12H13ClFNO4S/c13-9-6-8(14)2-3-10(9)20(18,19)15-7-12(11(16)17)4-1-5-12/h2-3,6,15H,1,4-5,7H2,(H,16,17). The van der Waals surface area contributed by atoms with E-state index in [2.05, 4.69) is 4.72 Å². The van der Waals surface area contributed by atoms with Crippen LogP contribution in [0.3, 0.4) is 0 Å². The van der Waals surface area contributed by atoms with Crippen molar-refractivity contribution < 1.29 is 22.7 Å². The lowest BCUT2D eigenvalue weighted by Gasteiger charge is -2.37. The minimum atomic E-state index is -3.96. The zero-order chi connectivity index (χ0) is 15.0. The van der Waals surface area contributed by atoms with Gasteiger partial charge in [0.1, 0.15) is 10.7 Å². The van der Waals surface area contributed by atoms with E-state index in [4.69, 9.17) is 16.7 Å². The summed E-state index contributed by atoms with van der Waals surface area (Å²) in [6.07, 6.45) is 1.62. The van der Waals surface area contributed by atoms with Gasteiger partial charge in [0.15, 0.2) is 0 Å². The molecule has 1 saturated carbocycles. The molecule has 2 N–H and O–H groups in total. The molecule has 0 radical (unpaired) electrons. The van der Waals surface area contributed by atoms with E-state index in [1.807, 2.05) is 0 Å². The van der Waals surface area contributed by atoms with Crippen molar-refractivity contribution in [2.24, 2.45) is 5.41 Å². The van der Waals surface area contributed by atoms with Crippen LogP contribution in [0.4, 0.5) is 4.39 Å². The lowest BCUT2D eigenvalue weighted by atomic mass is 9.69. The van der Waals surface area contributed by atoms with Gasteiger partial charge in [-0.25, -0.2) is 17.5 Å². The number of rotatable bonds is 5. The highest BCUT2D eigenvalue weighted by Crippen LogP contribution is 2.40. The predicted molar refractivity (Wildman–Crippen MR) is 70.5 cm³/mol. The molecule has 110 valence electrons. The maximum atomic E-state index is 12.9. The number of aliphatic carboxylic acids is 1. The Hall–Kier alpha value is -1.18. The van der Waals surface area contributed by atoms with Crippen LogP contribution < -0.4 is 4.72 Å². The Labute approximate surface area is 120 Å². The van der Waals surface area contributed by atoms with Gasteiger partial charge in [0.2, 0.25) is 10.0 Å². The van der Waals surface area contributed by atoms with Crippen molar-refractivity contribution in [3.05, 3.63) is 29.0 Å². The largest absolute Gasteiger partial charge is 0.481 e. The second-order valence-electron chi connectivity index (χ2n) is 4.84. The van der Waals surface area contributed by atoms with Crippen LogP contribution >= 0.6 is 11.6 Å². The third-order valence-electron chi connectivity index (χ3n) is 3.55. The molecule has 1 aromatic carbocycles. The first kappa shape index (κ1) is 15.2. The highest BCUT2D eigenvalue weighted by Gasteiger charge is 2.45. The Morgan fingerprint density at radius 1 is 1.45 bits per heavy atom. The number of carbonyl (C=O) groups is 1. The van der Waals surface area contributed by atoms with Crippen LogP contribution in [0.2, 0.25) is 5.02 Å². The molecule has 0 aliphatic heterocycles. The van der Waals surface area contributed by atoms with Crippen LogP contribution in [-0.4, -0.2) is 26.0 Å². The number of carboxylic acid groups (broad SMARTS) is 1. The summed E-state index contributed by atoms with van der Waals surface area (Å²) in [5, 5.41) is 8.89. The Balaban J connectivity index is 2.17. The van der Waals surface area contributed by atoms with Crippen LogP contribution in [-0.2, 0) is 14.8 Å². The van der Waals surface area contributed by atoms with E-state index in [0.717, 1.165) is 24.6 Å². The molecule has 1 aliphatic carbocycles. The molecule has 0 aromatic heterocycles. The molecule has 0 unspecified atom stereocenters. The van der Waals surface area contributed by atoms with Crippen molar-refractivity contribution in [2.75, 3.05) is 6.54 Å². The molecule has 5 nitrogen and oxygen atoms in total. The summed E-state index contributed by atoms with van der Waals surface area (Å²) in [4.78, 5) is 10.9. The van der Waals surface area contributed by atoms with Crippen molar-refractivity contribution >= 4 is 27.6 Å². The third-order valence-corrected chi connectivity index (χ3v) is 5.43.